The number of hydrogen-bond acceptors (Lipinski definition) is 3. The number of carbonyl (C=O) groups is 2. The van der Waals surface area contributed by atoms with E-state index in [2.05, 4.69) is 5.10 Å². The number of carboxylic acids is 1. The van der Waals surface area contributed by atoms with Gasteiger partial charge in [-0.1, -0.05) is 0 Å². The van der Waals surface area contributed by atoms with Gasteiger partial charge in [-0.25, -0.2) is 4.79 Å². The Kier molecular flexibility index (Phi) is 2.42. The topological polar surface area (TPSA) is 72.2 Å². The number of carboxylic acid groups (broad SMARTS) is 1. The molecule has 0 amide bonds. The second-order valence-corrected chi connectivity index (χ2v) is 3.57. The van der Waals surface area contributed by atoms with Crippen molar-refractivity contribution in [2.24, 2.45) is 0 Å². The summed E-state index contributed by atoms with van der Waals surface area (Å²) < 4.78 is 1.36. The zero-order chi connectivity index (χ0) is 10.9. The zero-order valence-corrected chi connectivity index (χ0v) is 8.31. The molecule has 1 heterocycles. The fraction of sp³-hybridized carbons (Fsp3) is 0.444. The largest absolute Gasteiger partial charge is 0.476 e. The van der Waals surface area contributed by atoms with Gasteiger partial charge in [0.2, 0.25) is 0 Å². The second-order valence-electron chi connectivity index (χ2n) is 3.57. The lowest BCUT2D eigenvalue weighted by molar-refractivity contribution is -0.124. The first-order chi connectivity index (χ1) is 6.35. The van der Waals surface area contributed by atoms with E-state index in [9.17, 15) is 9.59 Å². The van der Waals surface area contributed by atoms with Crippen molar-refractivity contribution >= 4 is 11.8 Å². The van der Waals surface area contributed by atoms with Crippen molar-refractivity contribution in [2.75, 3.05) is 0 Å². The minimum atomic E-state index is -1.09. The molecule has 0 saturated carbocycles. The third-order valence-electron chi connectivity index (χ3n) is 2.24. The lowest BCUT2D eigenvalue weighted by Crippen LogP contribution is -2.34. The van der Waals surface area contributed by atoms with Crippen LogP contribution in [0.1, 0.15) is 31.3 Å². The van der Waals surface area contributed by atoms with Gasteiger partial charge in [0, 0.05) is 6.20 Å². The Labute approximate surface area is 81.3 Å². The Morgan fingerprint density at radius 2 is 2.07 bits per heavy atom. The summed E-state index contributed by atoms with van der Waals surface area (Å²) in [6.07, 6.45) is 1.49. The molecule has 0 aliphatic heterocycles. The van der Waals surface area contributed by atoms with Crippen LogP contribution in [0.5, 0.6) is 0 Å². The molecule has 1 aromatic heterocycles. The first kappa shape index (κ1) is 10.4. The summed E-state index contributed by atoms with van der Waals surface area (Å²) in [5, 5.41) is 12.4. The first-order valence-corrected chi connectivity index (χ1v) is 4.16. The van der Waals surface area contributed by atoms with E-state index in [0.717, 1.165) is 0 Å². The van der Waals surface area contributed by atoms with Crippen molar-refractivity contribution in [3.05, 3.63) is 18.0 Å². The molecular weight excluding hydrogens is 184 g/mol. The molecule has 1 rings (SSSR count). The van der Waals surface area contributed by atoms with Crippen LogP contribution in [-0.4, -0.2) is 26.6 Å². The maximum Gasteiger partial charge on any atom is 0.356 e. The predicted molar refractivity (Wildman–Crippen MR) is 49.2 cm³/mol. The van der Waals surface area contributed by atoms with E-state index in [1.54, 1.807) is 13.8 Å². The van der Waals surface area contributed by atoms with Crippen molar-refractivity contribution in [3.8, 4) is 0 Å². The Morgan fingerprint density at radius 3 is 2.43 bits per heavy atom. The first-order valence-electron chi connectivity index (χ1n) is 4.16. The third kappa shape index (κ3) is 1.66. The van der Waals surface area contributed by atoms with E-state index in [-0.39, 0.29) is 11.5 Å². The van der Waals surface area contributed by atoms with E-state index >= 15 is 0 Å². The second kappa shape index (κ2) is 3.25. The number of nitrogens with zero attached hydrogens (tertiary/aromatic N) is 2. The van der Waals surface area contributed by atoms with Crippen LogP contribution in [0.4, 0.5) is 0 Å². The number of hydrogen-bond donors (Lipinski definition) is 1. The molecule has 0 aliphatic rings. The van der Waals surface area contributed by atoms with Crippen LogP contribution in [0, 0.1) is 0 Å². The van der Waals surface area contributed by atoms with Gasteiger partial charge in [-0.3, -0.25) is 9.48 Å². The number of carbonyl (C=O) groups excluding carboxylic acids is 1. The molecular formula is C9H12N2O3. The predicted octanol–water partition coefficient (Wildman–Crippen LogP) is 0.905. The summed E-state index contributed by atoms with van der Waals surface area (Å²) in [4.78, 5) is 21.8. The quantitative estimate of drug-likeness (QED) is 0.779. The lowest BCUT2D eigenvalue weighted by Gasteiger charge is -2.21. The van der Waals surface area contributed by atoms with Crippen molar-refractivity contribution in [1.29, 1.82) is 0 Å². The van der Waals surface area contributed by atoms with E-state index < -0.39 is 11.5 Å². The summed E-state index contributed by atoms with van der Waals surface area (Å²) in [5.41, 5.74) is -0.854. The van der Waals surface area contributed by atoms with Gasteiger partial charge < -0.3 is 5.11 Å². The van der Waals surface area contributed by atoms with E-state index in [4.69, 9.17) is 5.11 Å². The highest BCUT2D eigenvalue weighted by Gasteiger charge is 2.27. The number of rotatable bonds is 3. The highest BCUT2D eigenvalue weighted by molar-refractivity contribution is 5.86. The van der Waals surface area contributed by atoms with E-state index in [1.807, 2.05) is 0 Å². The summed E-state index contributed by atoms with van der Waals surface area (Å²) in [6, 6.07) is 1.37. The van der Waals surface area contributed by atoms with Crippen LogP contribution in [0.15, 0.2) is 12.3 Å². The van der Waals surface area contributed by atoms with Gasteiger partial charge in [0.05, 0.1) is 0 Å². The van der Waals surface area contributed by atoms with Crippen LogP contribution in [0.3, 0.4) is 0 Å². The van der Waals surface area contributed by atoms with Crippen molar-refractivity contribution < 1.29 is 14.7 Å². The average Bonchev–Trinajstić information content (AvgIpc) is 2.51. The van der Waals surface area contributed by atoms with Gasteiger partial charge in [-0.15, -0.1) is 0 Å². The maximum absolute atomic E-state index is 11.2. The van der Waals surface area contributed by atoms with Crippen molar-refractivity contribution in [2.45, 2.75) is 26.3 Å². The van der Waals surface area contributed by atoms with E-state index in [0.29, 0.717) is 0 Å². The zero-order valence-electron chi connectivity index (χ0n) is 8.31. The molecule has 0 aromatic carbocycles. The van der Waals surface area contributed by atoms with Gasteiger partial charge in [-0.2, -0.15) is 5.10 Å². The van der Waals surface area contributed by atoms with Gasteiger partial charge in [-0.05, 0) is 26.8 Å². The highest BCUT2D eigenvalue weighted by Crippen LogP contribution is 2.15. The molecule has 1 N–H and O–H groups in total. The van der Waals surface area contributed by atoms with E-state index in [1.165, 1.54) is 23.9 Å². The fourth-order valence-corrected chi connectivity index (χ4v) is 0.911. The Hall–Kier alpha value is -1.65. The molecule has 0 saturated heterocycles. The molecule has 0 aliphatic carbocycles. The summed E-state index contributed by atoms with van der Waals surface area (Å²) in [7, 11) is 0. The molecule has 1 aromatic rings. The molecule has 76 valence electrons. The lowest BCUT2D eigenvalue weighted by atomic mass is 10.0. The molecule has 14 heavy (non-hydrogen) atoms. The minimum Gasteiger partial charge on any atom is -0.476 e. The van der Waals surface area contributed by atoms with Gasteiger partial charge in [0.25, 0.3) is 0 Å². The number of aromatic nitrogens is 2. The molecule has 0 unspecified atom stereocenters. The normalized spacial score (nSPS) is 11.4. The third-order valence-corrected chi connectivity index (χ3v) is 2.24. The molecule has 0 fully saturated rings. The van der Waals surface area contributed by atoms with Gasteiger partial charge in [0.1, 0.15) is 5.54 Å². The Bertz CT molecular complexity index is 379. The summed E-state index contributed by atoms with van der Waals surface area (Å²) in [5.74, 6) is -1.17. The van der Waals surface area contributed by atoms with Crippen molar-refractivity contribution in [1.82, 2.24) is 9.78 Å². The monoisotopic (exact) mass is 196 g/mol. The standard InChI is InChI=1S/C9H12N2O3/c1-6(12)9(2,3)11-5-4-7(10-11)8(13)14/h4-5H,1-3H3,(H,13,14). The smallest absolute Gasteiger partial charge is 0.356 e. The SMILES string of the molecule is CC(=O)C(C)(C)n1ccc(C(=O)O)n1. The molecule has 0 atom stereocenters. The highest BCUT2D eigenvalue weighted by atomic mass is 16.4. The molecule has 0 spiro atoms. The van der Waals surface area contributed by atoms with Crippen molar-refractivity contribution in [3.63, 3.8) is 0 Å². The summed E-state index contributed by atoms with van der Waals surface area (Å²) in [6.45, 7) is 4.82. The van der Waals surface area contributed by atoms with Crippen LogP contribution in [0.25, 0.3) is 0 Å². The van der Waals surface area contributed by atoms with Crippen LogP contribution in [0.2, 0.25) is 0 Å². The van der Waals surface area contributed by atoms with Crippen LogP contribution >= 0.6 is 0 Å². The Morgan fingerprint density at radius 1 is 1.50 bits per heavy atom. The van der Waals surface area contributed by atoms with Crippen LogP contribution < -0.4 is 0 Å². The maximum atomic E-state index is 11.2. The number of ketones is 1. The van der Waals surface area contributed by atoms with Gasteiger partial charge >= 0.3 is 5.97 Å². The van der Waals surface area contributed by atoms with Crippen LogP contribution in [-0.2, 0) is 10.3 Å². The number of aromatic carboxylic acids is 1. The fourth-order valence-electron chi connectivity index (χ4n) is 0.911. The molecule has 0 radical (unpaired) electrons. The molecule has 5 heteroatoms. The molecule has 0 bridgehead atoms. The molecule has 5 nitrogen and oxygen atoms in total. The Balaban J connectivity index is 3.09. The minimum absolute atomic E-state index is 0.0562. The summed E-state index contributed by atoms with van der Waals surface area (Å²) >= 11 is 0. The van der Waals surface area contributed by atoms with Gasteiger partial charge in [0.15, 0.2) is 11.5 Å². The average molecular weight is 196 g/mol. The number of Topliss-reactive ketones (excluding diaryl/α,β-unsaturated/α-hetero) is 1.